The van der Waals surface area contributed by atoms with Crippen molar-refractivity contribution in [3.05, 3.63) is 119 Å². The number of rotatable bonds is 10. The van der Waals surface area contributed by atoms with Crippen LogP contribution in [0.25, 0.3) is 12.2 Å². The van der Waals surface area contributed by atoms with Crippen LogP contribution in [-0.2, 0) is 11.0 Å². The second-order valence-corrected chi connectivity index (χ2v) is 16.2. The summed E-state index contributed by atoms with van der Waals surface area (Å²) in [6.45, 7) is 12.3. The Balaban J connectivity index is 0.000000244. The molecule has 6 nitrogen and oxygen atoms in total. The molecule has 4 unspecified atom stereocenters. The third-order valence-electron chi connectivity index (χ3n) is 10.8. The molecule has 0 radical (unpaired) electrons. The molecule has 2 fully saturated rings. The van der Waals surface area contributed by atoms with Crippen molar-refractivity contribution in [3.8, 4) is 11.5 Å². The van der Waals surface area contributed by atoms with Gasteiger partial charge in [0.25, 0.3) is 0 Å². The van der Waals surface area contributed by atoms with Gasteiger partial charge < -0.3 is 29.5 Å². The lowest BCUT2D eigenvalue weighted by atomic mass is 9.67. The van der Waals surface area contributed by atoms with E-state index in [0.717, 1.165) is 91.0 Å². The molecule has 2 saturated carbocycles. The molecule has 0 bridgehead atoms. The molecule has 4 atom stereocenters. The summed E-state index contributed by atoms with van der Waals surface area (Å²) in [5.41, 5.74) is 4.86. The minimum absolute atomic E-state index is 0.0957. The van der Waals surface area contributed by atoms with Crippen molar-refractivity contribution >= 4 is 12.2 Å². The molecule has 0 aliphatic heterocycles. The van der Waals surface area contributed by atoms with Gasteiger partial charge in [-0.1, -0.05) is 94.1 Å². The van der Waals surface area contributed by atoms with Gasteiger partial charge >= 0.3 is 0 Å². The monoisotopic (exact) mass is 708 g/mol. The number of hydrogen-bond donors (Lipinski definition) is 2. The smallest absolute Gasteiger partial charge is 0.118 e. The fraction of sp³-hybridized carbons (Fsp3) is 0.478. The first-order valence-electron chi connectivity index (χ1n) is 18.8. The maximum absolute atomic E-state index is 12.2. The Bertz CT molecular complexity index is 1630. The Morgan fingerprint density at radius 1 is 0.692 bits per heavy atom. The van der Waals surface area contributed by atoms with E-state index in [1.807, 2.05) is 50.5 Å². The molecule has 5 rings (SSSR count). The highest BCUT2D eigenvalue weighted by Gasteiger charge is 2.44. The van der Waals surface area contributed by atoms with Crippen molar-refractivity contribution in [2.75, 3.05) is 55.5 Å². The molecule has 2 aliphatic rings. The lowest BCUT2D eigenvalue weighted by Gasteiger charge is -2.44. The van der Waals surface area contributed by atoms with Crippen LogP contribution in [0.2, 0.25) is 0 Å². The predicted octanol–water partition coefficient (Wildman–Crippen LogP) is 8.98. The highest BCUT2D eigenvalue weighted by atomic mass is 16.5. The van der Waals surface area contributed by atoms with E-state index in [0.29, 0.717) is 0 Å². The number of ether oxygens (including phenoxy) is 2. The zero-order chi connectivity index (χ0) is 38.1. The van der Waals surface area contributed by atoms with Crippen LogP contribution in [0.4, 0.5) is 0 Å². The molecule has 282 valence electrons. The first-order chi connectivity index (χ1) is 24.6. The molecule has 2 N–H and O–H groups in total. The summed E-state index contributed by atoms with van der Waals surface area (Å²) in [5, 5.41) is 23.4. The van der Waals surface area contributed by atoms with E-state index in [1.54, 1.807) is 20.3 Å². The van der Waals surface area contributed by atoms with Crippen LogP contribution in [0.1, 0.15) is 81.5 Å². The van der Waals surface area contributed by atoms with E-state index in [9.17, 15) is 10.2 Å². The van der Waals surface area contributed by atoms with Crippen molar-refractivity contribution in [2.45, 2.75) is 75.9 Å². The van der Waals surface area contributed by atoms with Crippen LogP contribution < -0.4 is 9.47 Å². The zero-order valence-electron chi connectivity index (χ0n) is 33.3. The van der Waals surface area contributed by atoms with Gasteiger partial charge in [0.1, 0.15) is 22.7 Å². The maximum Gasteiger partial charge on any atom is 0.118 e. The molecule has 6 heteroatoms. The normalized spacial score (nSPS) is 25.2. The van der Waals surface area contributed by atoms with Crippen molar-refractivity contribution in [2.24, 2.45) is 11.8 Å². The molecule has 0 amide bonds. The second kappa shape index (κ2) is 17.9. The van der Waals surface area contributed by atoms with Crippen molar-refractivity contribution < 1.29 is 19.7 Å². The number of methoxy groups -OCH3 is 2. The summed E-state index contributed by atoms with van der Waals surface area (Å²) in [4.78, 5) is 4.32. The van der Waals surface area contributed by atoms with E-state index < -0.39 is 11.2 Å². The van der Waals surface area contributed by atoms with Crippen LogP contribution in [0, 0.1) is 11.8 Å². The van der Waals surface area contributed by atoms with Crippen molar-refractivity contribution in [3.63, 3.8) is 0 Å². The van der Waals surface area contributed by atoms with Crippen LogP contribution in [0.15, 0.2) is 96.6 Å². The first-order valence-corrected chi connectivity index (χ1v) is 18.8. The highest BCUT2D eigenvalue weighted by molar-refractivity contribution is 5.59. The summed E-state index contributed by atoms with van der Waals surface area (Å²) in [7, 11) is 11.6. The standard InChI is InChI=1S/C27H37NO2.C19H27NO2/c1-26(2,3)21-12-14-22(15-13-21)27(29)23(8-7-9-24(27)19-28(4)5)18-20-10-16-25(30-6)17-11-20;1-5-19(21)16(7-6-8-17(19)14-20(2)3)13-15-9-11-18(22-4)12-10-15/h10-18,24,29H,7-9,19H2,1-6H3;5,9-13,17,21H,1,6-8,14H2,2-4H3. The highest BCUT2D eigenvalue weighted by Crippen LogP contribution is 2.47. The van der Waals surface area contributed by atoms with Gasteiger partial charge in [0.2, 0.25) is 0 Å². The largest absolute Gasteiger partial charge is 0.497 e. The van der Waals surface area contributed by atoms with E-state index >= 15 is 0 Å². The lowest BCUT2D eigenvalue weighted by molar-refractivity contribution is -0.0174. The fourth-order valence-corrected chi connectivity index (χ4v) is 7.87. The van der Waals surface area contributed by atoms with Crippen molar-refractivity contribution in [1.82, 2.24) is 9.80 Å². The predicted molar refractivity (Wildman–Crippen MR) is 218 cm³/mol. The van der Waals surface area contributed by atoms with Gasteiger partial charge in [0.15, 0.2) is 0 Å². The zero-order valence-corrected chi connectivity index (χ0v) is 33.3. The van der Waals surface area contributed by atoms with Crippen LogP contribution in [0.3, 0.4) is 0 Å². The minimum atomic E-state index is -0.959. The number of nitrogens with zero attached hydrogens (tertiary/aromatic N) is 2. The molecule has 0 heterocycles. The molecule has 0 aromatic heterocycles. The Morgan fingerprint density at radius 2 is 1.13 bits per heavy atom. The Morgan fingerprint density at radius 3 is 1.58 bits per heavy atom. The molecule has 2 aliphatic carbocycles. The fourth-order valence-electron chi connectivity index (χ4n) is 7.87. The minimum Gasteiger partial charge on any atom is -0.497 e. The molecule has 3 aromatic carbocycles. The topological polar surface area (TPSA) is 65.4 Å². The van der Waals surface area contributed by atoms with Gasteiger partial charge in [0, 0.05) is 24.9 Å². The Labute approximate surface area is 314 Å². The molecular formula is C46H64N2O4. The Kier molecular flexibility index (Phi) is 14.1. The van der Waals surface area contributed by atoms with Gasteiger partial charge in [0.05, 0.1) is 14.2 Å². The first kappa shape index (κ1) is 41.1. The number of hydrogen-bond acceptors (Lipinski definition) is 6. The molecular weight excluding hydrogens is 645 g/mol. The summed E-state index contributed by atoms with van der Waals surface area (Å²) in [5.74, 6) is 2.04. The van der Waals surface area contributed by atoms with Gasteiger partial charge in [-0.3, -0.25) is 0 Å². The average molecular weight is 709 g/mol. The summed E-state index contributed by atoms with van der Waals surface area (Å²) < 4.78 is 10.5. The third kappa shape index (κ3) is 10.0. The summed E-state index contributed by atoms with van der Waals surface area (Å²) in [6.07, 6.45) is 12.1. The van der Waals surface area contributed by atoms with E-state index in [1.165, 1.54) is 5.56 Å². The number of aliphatic hydroxyl groups is 2. The molecule has 52 heavy (non-hydrogen) atoms. The average Bonchev–Trinajstić information content (AvgIpc) is 3.12. The van der Waals surface area contributed by atoms with Gasteiger partial charge in [-0.15, -0.1) is 0 Å². The maximum atomic E-state index is 12.2. The van der Waals surface area contributed by atoms with Crippen LogP contribution >= 0.6 is 0 Å². The van der Waals surface area contributed by atoms with Gasteiger partial charge in [-0.25, -0.2) is 0 Å². The van der Waals surface area contributed by atoms with E-state index in [-0.39, 0.29) is 17.3 Å². The van der Waals surface area contributed by atoms with Crippen LogP contribution in [-0.4, -0.2) is 81.1 Å². The quantitative estimate of drug-likeness (QED) is 0.205. The van der Waals surface area contributed by atoms with Gasteiger partial charge in [-0.05, 0) is 130 Å². The van der Waals surface area contributed by atoms with Crippen LogP contribution in [0.5, 0.6) is 11.5 Å². The SMILES string of the molecule is C=CC1(O)C(=Cc2ccc(OC)cc2)CCCC1CN(C)C.COc1ccc(C=C2CCCC(CN(C)C)C2(O)c2ccc(C(C)(C)C)cc2)cc1. The van der Waals surface area contributed by atoms with Gasteiger partial charge in [-0.2, -0.15) is 0 Å². The molecule has 3 aromatic rings. The molecule has 0 saturated heterocycles. The van der Waals surface area contributed by atoms with E-state index in [2.05, 4.69) is 99.8 Å². The van der Waals surface area contributed by atoms with E-state index in [4.69, 9.17) is 9.47 Å². The number of benzene rings is 3. The third-order valence-corrected chi connectivity index (χ3v) is 10.8. The Hall–Kier alpha value is -3.68. The summed E-state index contributed by atoms with van der Waals surface area (Å²) >= 11 is 0. The van der Waals surface area contributed by atoms with Crippen molar-refractivity contribution in [1.29, 1.82) is 0 Å². The lowest BCUT2D eigenvalue weighted by Crippen LogP contribution is -2.45. The summed E-state index contributed by atoms with van der Waals surface area (Å²) in [6, 6.07) is 24.6. The molecule has 0 spiro atoms. The second-order valence-electron chi connectivity index (χ2n) is 16.2.